The van der Waals surface area contributed by atoms with Crippen LogP contribution in [0.15, 0.2) is 23.0 Å². The Morgan fingerprint density at radius 2 is 2.19 bits per heavy atom. The van der Waals surface area contributed by atoms with Crippen molar-refractivity contribution in [3.05, 3.63) is 38.3 Å². The van der Waals surface area contributed by atoms with Crippen molar-refractivity contribution in [1.82, 2.24) is 15.3 Å². The predicted molar refractivity (Wildman–Crippen MR) is 77.3 cm³/mol. The van der Waals surface area contributed by atoms with Crippen LogP contribution in [0.25, 0.3) is 11.0 Å². The summed E-state index contributed by atoms with van der Waals surface area (Å²) in [5.41, 5.74) is 0.985. The van der Waals surface area contributed by atoms with Crippen molar-refractivity contribution in [2.75, 3.05) is 5.32 Å². The molecular formula is C12H11N5O3S. The van der Waals surface area contributed by atoms with Gasteiger partial charge in [-0.15, -0.1) is 11.3 Å². The summed E-state index contributed by atoms with van der Waals surface area (Å²) < 4.78 is 4.61. The monoisotopic (exact) mass is 305 g/mol. The van der Waals surface area contributed by atoms with E-state index < -0.39 is 4.92 Å². The number of nitrogens with zero attached hydrogens (tertiary/aromatic N) is 4. The van der Waals surface area contributed by atoms with Gasteiger partial charge < -0.3 is 5.32 Å². The number of benzene rings is 1. The number of non-ortho nitro benzene ring substituents is 1. The van der Waals surface area contributed by atoms with E-state index in [1.807, 2.05) is 6.20 Å². The number of hydrogen-bond donors (Lipinski definition) is 1. The van der Waals surface area contributed by atoms with Crippen molar-refractivity contribution in [2.45, 2.75) is 19.9 Å². The normalized spacial score (nSPS) is 10.9. The lowest BCUT2D eigenvalue weighted by Crippen LogP contribution is -2.00. The summed E-state index contributed by atoms with van der Waals surface area (Å²) >= 11 is 1.63. The predicted octanol–water partition coefficient (Wildman–Crippen LogP) is 2.76. The lowest BCUT2D eigenvalue weighted by Gasteiger charge is -2.03. The number of anilines is 1. The third-order valence-corrected chi connectivity index (χ3v) is 4.11. The summed E-state index contributed by atoms with van der Waals surface area (Å²) in [6, 6.07) is 2.98. The molecule has 8 nitrogen and oxygen atoms in total. The van der Waals surface area contributed by atoms with Crippen molar-refractivity contribution >= 4 is 33.7 Å². The number of aromatic nitrogens is 3. The van der Waals surface area contributed by atoms with Gasteiger partial charge in [0.25, 0.3) is 0 Å². The minimum atomic E-state index is -0.509. The summed E-state index contributed by atoms with van der Waals surface area (Å²) in [4.78, 5) is 15.9. The first kappa shape index (κ1) is 13.4. The van der Waals surface area contributed by atoms with Crippen LogP contribution in [-0.2, 0) is 13.0 Å². The van der Waals surface area contributed by atoms with E-state index in [-0.39, 0.29) is 11.2 Å². The third kappa shape index (κ3) is 2.55. The van der Waals surface area contributed by atoms with E-state index in [0.717, 1.165) is 11.4 Å². The molecule has 0 atom stereocenters. The van der Waals surface area contributed by atoms with Gasteiger partial charge in [0.15, 0.2) is 5.52 Å². The van der Waals surface area contributed by atoms with E-state index in [9.17, 15) is 10.1 Å². The highest BCUT2D eigenvalue weighted by molar-refractivity contribution is 7.11. The Hall–Kier alpha value is -2.55. The molecule has 0 aliphatic rings. The van der Waals surface area contributed by atoms with Crippen LogP contribution in [-0.4, -0.2) is 20.2 Å². The Kier molecular flexibility index (Phi) is 3.48. The van der Waals surface area contributed by atoms with Crippen LogP contribution >= 0.6 is 11.3 Å². The van der Waals surface area contributed by atoms with Gasteiger partial charge in [-0.2, -0.15) is 0 Å². The van der Waals surface area contributed by atoms with Crippen LogP contribution in [0.5, 0.6) is 0 Å². The number of rotatable bonds is 5. The quantitative estimate of drug-likeness (QED) is 0.570. The zero-order chi connectivity index (χ0) is 14.8. The fourth-order valence-electron chi connectivity index (χ4n) is 1.91. The van der Waals surface area contributed by atoms with Crippen molar-refractivity contribution in [2.24, 2.45) is 0 Å². The van der Waals surface area contributed by atoms with Gasteiger partial charge in [0.1, 0.15) is 5.01 Å². The number of nitro benzene ring substituents is 1. The highest BCUT2D eigenvalue weighted by Crippen LogP contribution is 2.29. The largest absolute Gasteiger partial charge is 0.377 e. The highest BCUT2D eigenvalue weighted by Gasteiger charge is 2.19. The van der Waals surface area contributed by atoms with E-state index in [1.54, 1.807) is 17.4 Å². The molecule has 108 valence electrons. The Morgan fingerprint density at radius 1 is 1.38 bits per heavy atom. The SMILES string of the molecule is CCc1cnc(CNc2ccc([N+](=O)[O-])c3nonc23)s1. The molecule has 9 heteroatoms. The molecule has 0 amide bonds. The summed E-state index contributed by atoms with van der Waals surface area (Å²) in [6.07, 6.45) is 2.80. The van der Waals surface area contributed by atoms with E-state index in [1.165, 1.54) is 10.9 Å². The summed E-state index contributed by atoms with van der Waals surface area (Å²) in [6.45, 7) is 2.59. The molecule has 1 aromatic carbocycles. The summed E-state index contributed by atoms with van der Waals surface area (Å²) in [7, 11) is 0. The fraction of sp³-hybridized carbons (Fsp3) is 0.250. The second kappa shape index (κ2) is 5.44. The molecule has 0 unspecified atom stereocenters. The molecule has 3 rings (SSSR count). The Bertz CT molecular complexity index is 797. The van der Waals surface area contributed by atoms with Gasteiger partial charge >= 0.3 is 5.69 Å². The molecule has 2 heterocycles. The first-order chi connectivity index (χ1) is 10.2. The topological polar surface area (TPSA) is 107 Å². The maximum Gasteiger partial charge on any atom is 0.300 e. The molecule has 0 saturated heterocycles. The van der Waals surface area contributed by atoms with E-state index in [4.69, 9.17) is 0 Å². The molecule has 0 fully saturated rings. The molecule has 2 aromatic heterocycles. The molecule has 1 N–H and O–H groups in total. The Balaban J connectivity index is 1.86. The number of nitro groups is 1. The zero-order valence-corrected chi connectivity index (χ0v) is 11.9. The Labute approximate surface area is 122 Å². The van der Waals surface area contributed by atoms with Crippen molar-refractivity contribution in [1.29, 1.82) is 0 Å². The smallest absolute Gasteiger partial charge is 0.300 e. The van der Waals surface area contributed by atoms with E-state index in [2.05, 4.69) is 32.2 Å². The minimum Gasteiger partial charge on any atom is -0.377 e. The number of nitrogens with one attached hydrogen (secondary N) is 1. The Morgan fingerprint density at radius 3 is 2.90 bits per heavy atom. The van der Waals surface area contributed by atoms with E-state index in [0.29, 0.717) is 17.7 Å². The van der Waals surface area contributed by atoms with Crippen LogP contribution in [0.1, 0.15) is 16.8 Å². The summed E-state index contributed by atoms with van der Waals surface area (Å²) in [5.74, 6) is 0. The van der Waals surface area contributed by atoms with Crippen molar-refractivity contribution in [3.8, 4) is 0 Å². The van der Waals surface area contributed by atoms with Gasteiger partial charge in [-0.3, -0.25) is 10.1 Å². The van der Waals surface area contributed by atoms with Gasteiger partial charge in [0.2, 0.25) is 5.52 Å². The second-order valence-corrected chi connectivity index (χ2v) is 5.48. The second-order valence-electron chi connectivity index (χ2n) is 4.28. The van der Waals surface area contributed by atoms with Gasteiger partial charge in [-0.05, 0) is 22.8 Å². The van der Waals surface area contributed by atoms with Gasteiger partial charge in [-0.1, -0.05) is 6.92 Å². The molecule has 0 aliphatic carbocycles. The number of hydrogen-bond acceptors (Lipinski definition) is 8. The maximum absolute atomic E-state index is 10.9. The fourth-order valence-corrected chi connectivity index (χ4v) is 2.71. The molecule has 0 spiro atoms. The maximum atomic E-state index is 10.9. The molecule has 0 aliphatic heterocycles. The third-order valence-electron chi connectivity index (χ3n) is 2.97. The molecular weight excluding hydrogens is 294 g/mol. The number of fused-ring (bicyclic) bond motifs is 1. The van der Waals surface area contributed by atoms with Gasteiger partial charge in [0.05, 0.1) is 17.2 Å². The molecule has 0 saturated carbocycles. The van der Waals surface area contributed by atoms with E-state index >= 15 is 0 Å². The van der Waals surface area contributed by atoms with Crippen LogP contribution in [0, 0.1) is 10.1 Å². The van der Waals surface area contributed by atoms with Crippen molar-refractivity contribution < 1.29 is 9.55 Å². The lowest BCUT2D eigenvalue weighted by molar-refractivity contribution is -0.383. The lowest BCUT2D eigenvalue weighted by atomic mass is 10.2. The number of thiazole rings is 1. The first-order valence-corrected chi connectivity index (χ1v) is 7.07. The van der Waals surface area contributed by atoms with Crippen LogP contribution in [0.2, 0.25) is 0 Å². The molecule has 21 heavy (non-hydrogen) atoms. The average Bonchev–Trinajstić information content (AvgIpc) is 3.13. The standard InChI is InChI=1S/C12H11N5O3S/c1-2-7-5-14-10(21-7)6-13-8-3-4-9(17(18)19)12-11(8)15-20-16-12/h3-5,13H,2,6H2,1H3. The molecule has 0 radical (unpaired) electrons. The van der Waals surface area contributed by atoms with Crippen molar-refractivity contribution in [3.63, 3.8) is 0 Å². The molecule has 0 bridgehead atoms. The van der Waals surface area contributed by atoms with Gasteiger partial charge in [0, 0.05) is 17.1 Å². The first-order valence-electron chi connectivity index (χ1n) is 6.26. The summed E-state index contributed by atoms with van der Waals surface area (Å²) in [5, 5.41) is 22.3. The van der Waals surface area contributed by atoms with Gasteiger partial charge in [-0.25, -0.2) is 9.61 Å². The minimum absolute atomic E-state index is 0.126. The number of aryl methyl sites for hydroxylation is 1. The zero-order valence-electron chi connectivity index (χ0n) is 11.1. The van der Waals surface area contributed by atoms with Crippen LogP contribution in [0.3, 0.4) is 0 Å². The van der Waals surface area contributed by atoms with Crippen LogP contribution in [0.4, 0.5) is 11.4 Å². The highest BCUT2D eigenvalue weighted by atomic mass is 32.1. The van der Waals surface area contributed by atoms with Crippen LogP contribution < -0.4 is 5.32 Å². The average molecular weight is 305 g/mol. The molecule has 3 aromatic rings.